The molecule has 2 atom stereocenters. The van der Waals surface area contributed by atoms with Gasteiger partial charge in [-0.2, -0.15) is 0 Å². The van der Waals surface area contributed by atoms with E-state index in [9.17, 15) is 4.79 Å². The van der Waals surface area contributed by atoms with Crippen LogP contribution in [0.2, 0.25) is 18.1 Å². The first-order valence-corrected chi connectivity index (χ1v) is 14.6. The third kappa shape index (κ3) is 8.85. The van der Waals surface area contributed by atoms with Gasteiger partial charge in [0.05, 0.1) is 38.6 Å². The van der Waals surface area contributed by atoms with Gasteiger partial charge in [-0.1, -0.05) is 51.1 Å². The SMILES string of the molecule is CC(C)(C)OC(=O)N1CC[C@@H](O[Si](C)(C)C(C)(C)C)CO[C@H](COCc2ccccc2)C1. The van der Waals surface area contributed by atoms with Crippen LogP contribution in [-0.2, 0) is 25.2 Å². The second-order valence-corrected chi connectivity index (χ2v) is 15.9. The molecule has 7 heteroatoms. The van der Waals surface area contributed by atoms with Gasteiger partial charge in [0, 0.05) is 6.54 Å². The van der Waals surface area contributed by atoms with E-state index in [4.69, 9.17) is 18.6 Å². The lowest BCUT2D eigenvalue weighted by Crippen LogP contribution is -2.50. The molecule has 32 heavy (non-hydrogen) atoms. The van der Waals surface area contributed by atoms with Crippen LogP contribution in [0.4, 0.5) is 4.79 Å². The minimum absolute atomic E-state index is 0.0576. The van der Waals surface area contributed by atoms with E-state index in [0.717, 1.165) is 12.0 Å². The highest BCUT2D eigenvalue weighted by atomic mass is 28.4. The van der Waals surface area contributed by atoms with E-state index in [-0.39, 0.29) is 23.3 Å². The first kappa shape index (κ1) is 26.8. The molecule has 0 bridgehead atoms. The summed E-state index contributed by atoms with van der Waals surface area (Å²) < 4.78 is 24.4. The molecule has 6 nitrogen and oxygen atoms in total. The fraction of sp³-hybridized carbons (Fsp3) is 0.720. The normalized spacial score (nSPS) is 21.1. The Labute approximate surface area is 195 Å². The molecule has 1 saturated heterocycles. The van der Waals surface area contributed by atoms with Crippen molar-refractivity contribution in [1.29, 1.82) is 0 Å². The highest BCUT2D eigenvalue weighted by Gasteiger charge is 2.40. The van der Waals surface area contributed by atoms with E-state index < -0.39 is 13.9 Å². The molecule has 1 aromatic carbocycles. The Morgan fingerprint density at radius 2 is 1.78 bits per heavy atom. The maximum absolute atomic E-state index is 12.8. The second-order valence-electron chi connectivity index (χ2n) is 11.2. The largest absolute Gasteiger partial charge is 0.444 e. The van der Waals surface area contributed by atoms with E-state index in [1.54, 1.807) is 4.90 Å². The van der Waals surface area contributed by atoms with E-state index in [1.165, 1.54) is 0 Å². The third-order valence-corrected chi connectivity index (χ3v) is 10.5. The maximum Gasteiger partial charge on any atom is 0.410 e. The molecule has 0 spiro atoms. The Bertz CT molecular complexity index is 711. The molecular formula is C25H43NO5Si. The number of hydrogen-bond donors (Lipinski definition) is 0. The highest BCUT2D eigenvalue weighted by Crippen LogP contribution is 2.37. The summed E-state index contributed by atoms with van der Waals surface area (Å²) in [5, 5.41) is 0.110. The summed E-state index contributed by atoms with van der Waals surface area (Å²) in [7, 11) is -1.96. The van der Waals surface area contributed by atoms with Gasteiger partial charge in [0.15, 0.2) is 8.32 Å². The standard InChI is InChI=1S/C25H43NO5Si/c1-24(2,3)30-23(27)26-15-14-21(31-32(7,8)25(4,5)6)19-29-22(16-26)18-28-17-20-12-10-9-11-13-20/h9-13,21-22H,14-19H2,1-8H3/t21-,22+/m1/s1. The van der Waals surface area contributed by atoms with Crippen LogP contribution in [0.15, 0.2) is 30.3 Å². The average Bonchev–Trinajstić information content (AvgIpc) is 2.64. The number of benzene rings is 1. The molecule has 1 aliphatic heterocycles. The molecule has 0 aliphatic carbocycles. The molecule has 0 radical (unpaired) electrons. The van der Waals surface area contributed by atoms with Gasteiger partial charge in [-0.25, -0.2) is 4.79 Å². The third-order valence-electron chi connectivity index (χ3n) is 6.00. The lowest BCUT2D eigenvalue weighted by atomic mass is 10.2. The van der Waals surface area contributed by atoms with Gasteiger partial charge in [-0.15, -0.1) is 0 Å². The van der Waals surface area contributed by atoms with Gasteiger partial charge in [-0.05, 0) is 50.9 Å². The molecule has 0 saturated carbocycles. The molecule has 0 aromatic heterocycles. The number of carbonyl (C=O) groups excluding carboxylic acids is 1. The van der Waals surface area contributed by atoms with Crippen molar-refractivity contribution in [3.05, 3.63) is 35.9 Å². The van der Waals surface area contributed by atoms with Crippen LogP contribution >= 0.6 is 0 Å². The fourth-order valence-corrected chi connectivity index (χ4v) is 4.55. The lowest BCUT2D eigenvalue weighted by Gasteiger charge is -2.41. The van der Waals surface area contributed by atoms with Crippen LogP contribution in [0.3, 0.4) is 0 Å². The molecule has 2 rings (SSSR count). The van der Waals surface area contributed by atoms with Crippen molar-refractivity contribution in [2.24, 2.45) is 0 Å². The van der Waals surface area contributed by atoms with Gasteiger partial charge in [0.1, 0.15) is 5.60 Å². The summed E-state index contributed by atoms with van der Waals surface area (Å²) >= 11 is 0. The molecule has 1 amide bonds. The molecular weight excluding hydrogens is 422 g/mol. The summed E-state index contributed by atoms with van der Waals surface area (Å²) in [6, 6.07) is 10.1. The van der Waals surface area contributed by atoms with Gasteiger partial charge in [-0.3, -0.25) is 0 Å². The highest BCUT2D eigenvalue weighted by molar-refractivity contribution is 6.74. The summed E-state index contributed by atoms with van der Waals surface area (Å²) in [6.45, 7) is 19.3. The number of carbonyl (C=O) groups is 1. The minimum Gasteiger partial charge on any atom is -0.444 e. The molecule has 182 valence electrons. The summed E-state index contributed by atoms with van der Waals surface area (Å²) in [6.07, 6.45) is 0.112. The van der Waals surface area contributed by atoms with Gasteiger partial charge < -0.3 is 23.5 Å². The van der Waals surface area contributed by atoms with Gasteiger partial charge in [0.25, 0.3) is 0 Å². The van der Waals surface area contributed by atoms with Gasteiger partial charge >= 0.3 is 6.09 Å². The zero-order valence-electron chi connectivity index (χ0n) is 21.3. The maximum atomic E-state index is 12.8. The number of nitrogens with zero attached hydrogens (tertiary/aromatic N) is 1. The minimum atomic E-state index is -1.96. The fourth-order valence-electron chi connectivity index (χ4n) is 3.18. The predicted molar refractivity (Wildman–Crippen MR) is 130 cm³/mol. The van der Waals surface area contributed by atoms with Crippen molar-refractivity contribution >= 4 is 14.4 Å². The van der Waals surface area contributed by atoms with E-state index >= 15 is 0 Å². The topological polar surface area (TPSA) is 57.2 Å². The van der Waals surface area contributed by atoms with Crippen LogP contribution in [0.25, 0.3) is 0 Å². The molecule has 1 aliphatic rings. The number of ether oxygens (including phenoxy) is 3. The summed E-state index contributed by atoms with van der Waals surface area (Å²) in [5.41, 5.74) is 0.567. The van der Waals surface area contributed by atoms with Gasteiger partial charge in [0.2, 0.25) is 0 Å². The van der Waals surface area contributed by atoms with Crippen molar-refractivity contribution in [1.82, 2.24) is 4.90 Å². The predicted octanol–water partition coefficient (Wildman–Crippen LogP) is 5.62. The summed E-state index contributed by atoms with van der Waals surface area (Å²) in [5.74, 6) is 0. The van der Waals surface area contributed by atoms with Crippen LogP contribution in [0.5, 0.6) is 0 Å². The Balaban J connectivity index is 2.06. The molecule has 1 aromatic rings. The second kappa shape index (κ2) is 11.1. The van der Waals surface area contributed by atoms with Crippen LogP contribution in [0.1, 0.15) is 53.5 Å². The quantitative estimate of drug-likeness (QED) is 0.510. The van der Waals surface area contributed by atoms with E-state index in [1.807, 2.05) is 51.1 Å². The Kier molecular flexibility index (Phi) is 9.34. The van der Waals surface area contributed by atoms with E-state index in [2.05, 4.69) is 33.9 Å². The Morgan fingerprint density at radius 3 is 2.38 bits per heavy atom. The smallest absolute Gasteiger partial charge is 0.410 e. The molecule has 0 N–H and O–H groups in total. The summed E-state index contributed by atoms with van der Waals surface area (Å²) in [4.78, 5) is 14.6. The number of amides is 1. The van der Waals surface area contributed by atoms with Crippen LogP contribution in [0, 0.1) is 0 Å². The van der Waals surface area contributed by atoms with Crippen molar-refractivity contribution in [2.75, 3.05) is 26.3 Å². The van der Waals surface area contributed by atoms with Crippen LogP contribution < -0.4 is 0 Å². The van der Waals surface area contributed by atoms with Crippen molar-refractivity contribution < 1.29 is 23.4 Å². The lowest BCUT2D eigenvalue weighted by molar-refractivity contribution is -0.0775. The zero-order chi connectivity index (χ0) is 24.0. The Morgan fingerprint density at radius 1 is 1.12 bits per heavy atom. The molecule has 1 heterocycles. The average molecular weight is 466 g/mol. The van der Waals surface area contributed by atoms with Crippen molar-refractivity contribution in [3.63, 3.8) is 0 Å². The first-order valence-electron chi connectivity index (χ1n) is 11.7. The Hall–Kier alpha value is -1.41. The molecule has 0 unspecified atom stereocenters. The number of hydrogen-bond acceptors (Lipinski definition) is 5. The monoisotopic (exact) mass is 465 g/mol. The van der Waals surface area contributed by atoms with E-state index in [0.29, 0.717) is 32.9 Å². The number of rotatable bonds is 6. The zero-order valence-corrected chi connectivity index (χ0v) is 22.3. The molecule has 1 fully saturated rings. The first-order chi connectivity index (χ1) is 14.8. The van der Waals surface area contributed by atoms with Crippen molar-refractivity contribution in [3.8, 4) is 0 Å². The van der Waals surface area contributed by atoms with Crippen molar-refractivity contribution in [2.45, 2.75) is 90.5 Å². The van der Waals surface area contributed by atoms with Crippen LogP contribution in [-0.4, -0.2) is 63.4 Å².